The second-order valence-corrected chi connectivity index (χ2v) is 6.86. The molecule has 0 aliphatic carbocycles. The summed E-state index contributed by atoms with van der Waals surface area (Å²) < 4.78 is 15.1. The van der Waals surface area contributed by atoms with Gasteiger partial charge in [0, 0.05) is 29.9 Å². The van der Waals surface area contributed by atoms with Crippen molar-refractivity contribution in [3.63, 3.8) is 0 Å². The van der Waals surface area contributed by atoms with Crippen molar-refractivity contribution in [2.45, 2.75) is 39.3 Å². The predicted octanol–water partition coefficient (Wildman–Crippen LogP) is 3.54. The third-order valence-electron chi connectivity index (χ3n) is 5.19. The Hall–Kier alpha value is -3.02. The summed E-state index contributed by atoms with van der Waals surface area (Å²) in [7, 11) is 0. The number of nitrogens with zero attached hydrogens (tertiary/aromatic N) is 3. The highest BCUT2D eigenvalue weighted by Crippen LogP contribution is 2.32. The predicted molar refractivity (Wildman–Crippen MR) is 103 cm³/mol. The third kappa shape index (κ3) is 2.81. The molecule has 4 rings (SSSR count). The highest BCUT2D eigenvalue weighted by Gasteiger charge is 2.31. The molecule has 2 aromatic heterocycles. The van der Waals surface area contributed by atoms with Crippen LogP contribution in [-0.4, -0.2) is 21.5 Å². The fraction of sp³-hybridized carbons (Fsp3) is 0.286. The molecule has 1 atom stereocenters. The first-order valence-electron chi connectivity index (χ1n) is 9.11. The van der Waals surface area contributed by atoms with Crippen LogP contribution >= 0.6 is 0 Å². The van der Waals surface area contributed by atoms with Crippen LogP contribution in [0, 0.1) is 5.82 Å². The molecule has 27 heavy (non-hydrogen) atoms. The minimum Gasteiger partial charge on any atom is -0.305 e. The zero-order chi connectivity index (χ0) is 19.1. The van der Waals surface area contributed by atoms with Crippen LogP contribution in [0.4, 0.5) is 10.1 Å². The molecular weight excluding hydrogens is 345 g/mol. The number of carbonyl (C=O) groups is 1. The number of anilines is 1. The van der Waals surface area contributed by atoms with Gasteiger partial charge in [0.1, 0.15) is 17.0 Å². The smallest absolute Gasteiger partial charge is 0.265 e. The first-order valence-corrected chi connectivity index (χ1v) is 9.11. The summed E-state index contributed by atoms with van der Waals surface area (Å²) >= 11 is 0. The number of hydrogen-bond acceptors (Lipinski definition) is 3. The number of amides is 1. The molecule has 1 amide bonds. The van der Waals surface area contributed by atoms with Gasteiger partial charge in [0.2, 0.25) is 0 Å². The number of rotatable bonds is 2. The van der Waals surface area contributed by atoms with Gasteiger partial charge in [-0.05, 0) is 68.7 Å². The Labute approximate surface area is 156 Å². The molecule has 0 radical (unpaired) electrons. The van der Waals surface area contributed by atoms with Crippen molar-refractivity contribution in [2.75, 3.05) is 4.90 Å². The number of aromatic nitrogens is 2. The van der Waals surface area contributed by atoms with E-state index in [0.717, 1.165) is 17.4 Å². The molecular formula is C21H20FN3O2. The highest BCUT2D eigenvalue weighted by molar-refractivity contribution is 6.08. The van der Waals surface area contributed by atoms with Crippen LogP contribution in [-0.2, 0) is 13.0 Å². The van der Waals surface area contributed by atoms with Gasteiger partial charge in [0.15, 0.2) is 0 Å². The molecule has 1 aliphatic heterocycles. The summed E-state index contributed by atoms with van der Waals surface area (Å²) in [5.41, 5.74) is 1.79. The molecule has 1 unspecified atom stereocenters. The van der Waals surface area contributed by atoms with Crippen molar-refractivity contribution in [1.29, 1.82) is 0 Å². The lowest BCUT2D eigenvalue weighted by Crippen LogP contribution is -2.44. The van der Waals surface area contributed by atoms with Crippen molar-refractivity contribution in [2.24, 2.45) is 0 Å². The molecule has 0 fully saturated rings. The zero-order valence-corrected chi connectivity index (χ0v) is 15.3. The van der Waals surface area contributed by atoms with E-state index in [2.05, 4.69) is 4.98 Å². The summed E-state index contributed by atoms with van der Waals surface area (Å²) in [4.78, 5) is 32.3. The SMILES string of the molecule is CCn1c(=O)c(C(=O)N2c3ccc(F)cc3CCC2C)cc2cccnc21. The lowest BCUT2D eigenvalue weighted by Gasteiger charge is -2.35. The first kappa shape index (κ1) is 17.4. The van der Waals surface area contributed by atoms with E-state index in [-0.39, 0.29) is 28.9 Å². The van der Waals surface area contributed by atoms with E-state index in [4.69, 9.17) is 0 Å². The average Bonchev–Trinajstić information content (AvgIpc) is 2.67. The quantitative estimate of drug-likeness (QED) is 0.698. The molecule has 5 nitrogen and oxygen atoms in total. The molecule has 0 saturated carbocycles. The minimum atomic E-state index is -0.354. The van der Waals surface area contributed by atoms with E-state index in [1.807, 2.05) is 19.9 Å². The molecule has 3 aromatic rings. The highest BCUT2D eigenvalue weighted by atomic mass is 19.1. The fourth-order valence-electron chi connectivity index (χ4n) is 3.81. The zero-order valence-electron chi connectivity index (χ0n) is 15.3. The van der Waals surface area contributed by atoms with Gasteiger partial charge in [0.25, 0.3) is 11.5 Å². The van der Waals surface area contributed by atoms with Gasteiger partial charge in [-0.1, -0.05) is 0 Å². The average molecular weight is 365 g/mol. The maximum atomic E-state index is 13.6. The molecule has 3 heterocycles. The second-order valence-electron chi connectivity index (χ2n) is 6.86. The van der Waals surface area contributed by atoms with E-state index < -0.39 is 0 Å². The van der Waals surface area contributed by atoms with Gasteiger partial charge in [0.05, 0.1) is 0 Å². The van der Waals surface area contributed by atoms with Crippen molar-refractivity contribution in [3.8, 4) is 0 Å². The lowest BCUT2D eigenvalue weighted by molar-refractivity contribution is 0.0973. The Morgan fingerprint density at radius 2 is 2.11 bits per heavy atom. The molecule has 6 heteroatoms. The van der Waals surface area contributed by atoms with E-state index in [1.165, 1.54) is 16.7 Å². The van der Waals surface area contributed by atoms with Crippen molar-refractivity contribution >= 4 is 22.6 Å². The standard InChI is InChI=1S/C21H20FN3O2/c1-3-24-19-15(5-4-10-23-19)12-17(20(24)26)21(27)25-13(2)6-7-14-11-16(22)8-9-18(14)25/h4-5,8-13H,3,6-7H2,1-2H3. The Morgan fingerprint density at radius 1 is 1.30 bits per heavy atom. The molecule has 1 aliphatic rings. The van der Waals surface area contributed by atoms with Crippen LogP contribution < -0.4 is 10.5 Å². The lowest BCUT2D eigenvalue weighted by atomic mass is 9.95. The van der Waals surface area contributed by atoms with Crippen LogP contribution in [0.5, 0.6) is 0 Å². The van der Waals surface area contributed by atoms with Gasteiger partial charge in [-0.2, -0.15) is 0 Å². The van der Waals surface area contributed by atoms with E-state index in [0.29, 0.717) is 24.3 Å². The Bertz CT molecular complexity index is 1110. The van der Waals surface area contributed by atoms with Gasteiger partial charge in [-0.3, -0.25) is 14.2 Å². The van der Waals surface area contributed by atoms with Gasteiger partial charge in [-0.25, -0.2) is 9.37 Å². The summed E-state index contributed by atoms with van der Waals surface area (Å²) in [5.74, 6) is -0.672. The number of carbonyl (C=O) groups excluding carboxylic acids is 1. The number of pyridine rings is 2. The Morgan fingerprint density at radius 3 is 2.89 bits per heavy atom. The van der Waals surface area contributed by atoms with Crippen LogP contribution in [0.2, 0.25) is 0 Å². The normalized spacial score (nSPS) is 16.4. The van der Waals surface area contributed by atoms with Gasteiger partial charge >= 0.3 is 0 Å². The summed E-state index contributed by atoms with van der Waals surface area (Å²) in [5, 5.41) is 0.742. The van der Waals surface area contributed by atoms with E-state index in [9.17, 15) is 14.0 Å². The minimum absolute atomic E-state index is 0.0745. The Kier molecular flexibility index (Phi) is 4.26. The van der Waals surface area contributed by atoms with Crippen molar-refractivity contribution in [1.82, 2.24) is 9.55 Å². The summed E-state index contributed by atoms with van der Waals surface area (Å²) in [6.45, 7) is 4.22. The van der Waals surface area contributed by atoms with Crippen LogP contribution in [0.3, 0.4) is 0 Å². The van der Waals surface area contributed by atoms with E-state index in [1.54, 1.807) is 29.3 Å². The maximum absolute atomic E-state index is 13.6. The van der Waals surface area contributed by atoms with Crippen LogP contribution in [0.1, 0.15) is 36.2 Å². The van der Waals surface area contributed by atoms with Crippen molar-refractivity contribution in [3.05, 3.63) is 69.9 Å². The fourth-order valence-corrected chi connectivity index (χ4v) is 3.81. The second kappa shape index (κ2) is 6.61. The first-order chi connectivity index (χ1) is 13.0. The number of hydrogen-bond donors (Lipinski definition) is 0. The molecule has 0 bridgehead atoms. The van der Waals surface area contributed by atoms with Gasteiger partial charge < -0.3 is 4.90 Å². The van der Waals surface area contributed by atoms with Crippen LogP contribution in [0.15, 0.2) is 47.4 Å². The topological polar surface area (TPSA) is 55.2 Å². The third-order valence-corrected chi connectivity index (χ3v) is 5.19. The van der Waals surface area contributed by atoms with E-state index >= 15 is 0 Å². The molecule has 1 aromatic carbocycles. The number of benzene rings is 1. The molecule has 0 N–H and O–H groups in total. The maximum Gasteiger partial charge on any atom is 0.265 e. The summed E-state index contributed by atoms with van der Waals surface area (Å²) in [6, 6.07) is 9.61. The Balaban J connectivity index is 1.89. The number of aryl methyl sites for hydroxylation is 2. The van der Waals surface area contributed by atoms with Crippen LogP contribution in [0.25, 0.3) is 11.0 Å². The molecule has 0 saturated heterocycles. The number of halogens is 1. The summed E-state index contributed by atoms with van der Waals surface area (Å²) in [6.07, 6.45) is 3.06. The van der Waals surface area contributed by atoms with Crippen molar-refractivity contribution < 1.29 is 9.18 Å². The molecule has 0 spiro atoms. The monoisotopic (exact) mass is 365 g/mol. The van der Waals surface area contributed by atoms with Gasteiger partial charge in [-0.15, -0.1) is 0 Å². The molecule has 138 valence electrons. The largest absolute Gasteiger partial charge is 0.305 e. The number of fused-ring (bicyclic) bond motifs is 2.